The number of methoxy groups -OCH3 is 1. The summed E-state index contributed by atoms with van der Waals surface area (Å²) in [6, 6.07) is 6.78. The van der Waals surface area contributed by atoms with Gasteiger partial charge in [0.05, 0.1) is 24.8 Å². The van der Waals surface area contributed by atoms with Gasteiger partial charge in [-0.15, -0.1) is 0 Å². The third kappa shape index (κ3) is 3.67. The SMILES string of the molecule is COc1cc(/C=C2\CCCN3C2=NOC3(C(=O)O)c2cc(F)c(F)c(F)c2)ccc1-n1cnc(C)c1. The number of hydrogen-bond donors (Lipinski definition) is 1. The maximum atomic E-state index is 14.0. The van der Waals surface area contributed by atoms with Crippen LogP contribution in [0, 0.1) is 24.4 Å². The smallest absolute Gasteiger partial charge is 0.377 e. The Bertz CT molecular complexity index is 1410. The van der Waals surface area contributed by atoms with Crippen molar-refractivity contribution in [1.82, 2.24) is 14.5 Å². The number of aliphatic carboxylic acids is 1. The number of benzene rings is 2. The first-order valence-electron chi connectivity index (χ1n) is 11.1. The van der Waals surface area contributed by atoms with Crippen LogP contribution in [0.3, 0.4) is 0 Å². The van der Waals surface area contributed by atoms with Crippen molar-refractivity contribution in [2.75, 3.05) is 13.7 Å². The Hall–Kier alpha value is -4.28. The molecule has 1 aromatic heterocycles. The quantitative estimate of drug-likeness (QED) is 0.526. The summed E-state index contributed by atoms with van der Waals surface area (Å²) in [6.07, 6.45) is 6.46. The first-order chi connectivity index (χ1) is 17.2. The van der Waals surface area contributed by atoms with Gasteiger partial charge in [-0.3, -0.25) is 0 Å². The Morgan fingerprint density at radius 3 is 2.61 bits per heavy atom. The number of piperidine rings is 1. The van der Waals surface area contributed by atoms with Crippen molar-refractivity contribution >= 4 is 17.9 Å². The molecule has 2 aliphatic heterocycles. The van der Waals surface area contributed by atoms with Crippen LogP contribution in [0.25, 0.3) is 11.8 Å². The molecule has 0 spiro atoms. The van der Waals surface area contributed by atoms with Crippen LogP contribution in [0.2, 0.25) is 0 Å². The fraction of sp³-hybridized carbons (Fsp3) is 0.240. The van der Waals surface area contributed by atoms with E-state index in [1.165, 1.54) is 4.90 Å². The van der Waals surface area contributed by atoms with E-state index in [0.717, 1.165) is 16.9 Å². The van der Waals surface area contributed by atoms with E-state index in [1.807, 2.05) is 42.0 Å². The fourth-order valence-electron chi connectivity index (χ4n) is 4.52. The Kier molecular flexibility index (Phi) is 5.70. The van der Waals surface area contributed by atoms with Crippen LogP contribution in [0.1, 0.15) is 29.7 Å². The standard InChI is InChI=1S/C25H21F3N4O4/c1-14-12-31(13-29-14)20-6-5-15(9-21(20)35-2)8-16-4-3-7-32-23(16)30-36-25(32,24(33)34)17-10-18(26)22(28)19(27)11-17/h5-6,8-13H,3-4,7H2,1-2H3,(H,33,34)/b16-8+. The predicted octanol–water partition coefficient (Wildman–Crippen LogP) is 4.37. The molecule has 1 N–H and O–H groups in total. The Morgan fingerprint density at radius 1 is 1.22 bits per heavy atom. The van der Waals surface area contributed by atoms with Gasteiger partial charge in [0.1, 0.15) is 5.75 Å². The van der Waals surface area contributed by atoms with Gasteiger partial charge in [-0.2, -0.15) is 0 Å². The number of carboxylic acid groups (broad SMARTS) is 1. The third-order valence-corrected chi connectivity index (χ3v) is 6.21. The van der Waals surface area contributed by atoms with Crippen molar-refractivity contribution < 1.29 is 32.6 Å². The molecular weight excluding hydrogens is 477 g/mol. The highest BCUT2D eigenvalue weighted by Gasteiger charge is 2.56. The van der Waals surface area contributed by atoms with Crippen LogP contribution < -0.4 is 4.74 Å². The van der Waals surface area contributed by atoms with Gasteiger partial charge < -0.3 is 24.1 Å². The largest absolute Gasteiger partial charge is 0.495 e. The van der Waals surface area contributed by atoms with E-state index in [0.29, 0.717) is 36.3 Å². The normalized spacial score (nSPS) is 20.2. The zero-order valence-corrected chi connectivity index (χ0v) is 19.3. The number of aryl methyl sites for hydroxylation is 1. The van der Waals surface area contributed by atoms with Crippen molar-refractivity contribution in [2.24, 2.45) is 5.16 Å². The monoisotopic (exact) mass is 498 g/mol. The van der Waals surface area contributed by atoms with Crippen molar-refractivity contribution in [3.63, 3.8) is 0 Å². The van der Waals surface area contributed by atoms with Gasteiger partial charge in [0.25, 0.3) is 0 Å². The van der Waals surface area contributed by atoms with Crippen LogP contribution in [0.15, 0.2) is 53.6 Å². The summed E-state index contributed by atoms with van der Waals surface area (Å²) in [5.41, 5.74) is 0.336. The molecule has 5 rings (SSSR count). The van der Waals surface area contributed by atoms with Crippen LogP contribution in [-0.2, 0) is 15.4 Å². The minimum absolute atomic E-state index is 0.200. The lowest BCUT2D eigenvalue weighted by molar-refractivity contribution is -0.183. The summed E-state index contributed by atoms with van der Waals surface area (Å²) >= 11 is 0. The second-order valence-electron chi connectivity index (χ2n) is 8.49. The number of aromatic nitrogens is 2. The lowest BCUT2D eigenvalue weighted by Crippen LogP contribution is -2.54. The Balaban J connectivity index is 1.52. The molecule has 1 fully saturated rings. The van der Waals surface area contributed by atoms with Crippen molar-refractivity contribution in [1.29, 1.82) is 0 Å². The zero-order valence-electron chi connectivity index (χ0n) is 19.3. The van der Waals surface area contributed by atoms with Crippen molar-refractivity contribution in [3.8, 4) is 11.4 Å². The number of fused-ring (bicyclic) bond motifs is 1. The number of halogens is 3. The maximum absolute atomic E-state index is 14.0. The topological polar surface area (TPSA) is 89.2 Å². The first kappa shape index (κ1) is 23.5. The lowest BCUT2D eigenvalue weighted by atomic mass is 9.94. The molecule has 0 amide bonds. The lowest BCUT2D eigenvalue weighted by Gasteiger charge is -2.36. The summed E-state index contributed by atoms with van der Waals surface area (Å²) in [5.74, 6) is -5.44. The molecule has 0 aliphatic carbocycles. The molecule has 8 nitrogen and oxygen atoms in total. The molecule has 1 saturated heterocycles. The summed E-state index contributed by atoms with van der Waals surface area (Å²) in [5, 5.41) is 14.1. The van der Waals surface area contributed by atoms with E-state index in [9.17, 15) is 23.1 Å². The van der Waals surface area contributed by atoms with Crippen molar-refractivity contribution in [3.05, 3.63) is 82.7 Å². The molecule has 36 heavy (non-hydrogen) atoms. The molecule has 0 radical (unpaired) electrons. The van der Waals surface area contributed by atoms with Gasteiger partial charge >= 0.3 is 11.7 Å². The van der Waals surface area contributed by atoms with E-state index in [1.54, 1.807) is 13.4 Å². The molecule has 3 aromatic rings. The number of amidine groups is 1. The second kappa shape index (κ2) is 8.74. The summed E-state index contributed by atoms with van der Waals surface area (Å²) in [4.78, 5) is 23.3. The number of oxime groups is 1. The average Bonchev–Trinajstić information content (AvgIpc) is 3.47. The maximum Gasteiger partial charge on any atom is 0.377 e. The second-order valence-corrected chi connectivity index (χ2v) is 8.49. The van der Waals surface area contributed by atoms with E-state index < -0.39 is 34.7 Å². The molecule has 11 heteroatoms. The molecule has 1 atom stereocenters. The molecule has 1 unspecified atom stereocenters. The average molecular weight is 498 g/mol. The van der Waals surface area contributed by atoms with E-state index in [-0.39, 0.29) is 12.4 Å². The number of hydrogen-bond acceptors (Lipinski definition) is 6. The fourth-order valence-corrected chi connectivity index (χ4v) is 4.52. The molecule has 3 heterocycles. The Labute approximate surface area is 203 Å². The first-order valence-corrected chi connectivity index (χ1v) is 11.1. The molecule has 186 valence electrons. The highest BCUT2D eigenvalue weighted by molar-refractivity contribution is 6.05. The molecule has 2 aromatic carbocycles. The van der Waals surface area contributed by atoms with Crippen LogP contribution in [-0.4, -0.2) is 45.0 Å². The molecule has 2 aliphatic rings. The number of carboxylic acids is 1. The van der Waals surface area contributed by atoms with Gasteiger partial charge in [0.2, 0.25) is 0 Å². The van der Waals surface area contributed by atoms with Gasteiger partial charge in [-0.25, -0.2) is 22.9 Å². The zero-order chi connectivity index (χ0) is 25.6. The van der Waals surface area contributed by atoms with Crippen LogP contribution in [0.5, 0.6) is 5.75 Å². The van der Waals surface area contributed by atoms with Gasteiger partial charge in [-0.1, -0.05) is 11.2 Å². The molecule has 0 saturated carbocycles. The predicted molar refractivity (Wildman–Crippen MR) is 123 cm³/mol. The van der Waals surface area contributed by atoms with Gasteiger partial charge in [-0.05, 0) is 61.2 Å². The number of ether oxygens (including phenoxy) is 1. The van der Waals surface area contributed by atoms with Crippen LogP contribution >= 0.6 is 0 Å². The van der Waals surface area contributed by atoms with Crippen molar-refractivity contribution in [2.45, 2.75) is 25.5 Å². The Morgan fingerprint density at radius 2 is 1.97 bits per heavy atom. The number of imidazole rings is 1. The van der Waals surface area contributed by atoms with Gasteiger partial charge in [0, 0.05) is 18.3 Å². The molecular formula is C25H21F3N4O4. The summed E-state index contributed by atoms with van der Waals surface area (Å²) < 4.78 is 48.9. The number of nitrogens with zero attached hydrogens (tertiary/aromatic N) is 4. The highest BCUT2D eigenvalue weighted by Crippen LogP contribution is 2.41. The summed E-state index contributed by atoms with van der Waals surface area (Å²) in [6.45, 7) is 2.08. The van der Waals surface area contributed by atoms with E-state index in [4.69, 9.17) is 9.57 Å². The minimum Gasteiger partial charge on any atom is -0.495 e. The number of rotatable bonds is 5. The van der Waals surface area contributed by atoms with Gasteiger partial charge in [0.15, 0.2) is 23.3 Å². The number of carbonyl (C=O) groups is 1. The van der Waals surface area contributed by atoms with Crippen LogP contribution in [0.4, 0.5) is 13.2 Å². The minimum atomic E-state index is -2.33. The van der Waals surface area contributed by atoms with E-state index >= 15 is 0 Å². The molecule has 0 bridgehead atoms. The summed E-state index contributed by atoms with van der Waals surface area (Å²) in [7, 11) is 1.55. The highest BCUT2D eigenvalue weighted by atomic mass is 19.2. The van der Waals surface area contributed by atoms with E-state index in [2.05, 4.69) is 10.1 Å². The third-order valence-electron chi connectivity index (χ3n) is 6.21.